The number of unbranched alkanes of at least 4 members (excludes halogenated alkanes) is 1. The SMILES string of the molecule is CCNC(=O)N1CCN(CCCC#Cc2cn(Cc3ncc(C)c(OC)c3C)c3nc(N)nc(Cl)c23)CC1.CNC(=O)N1CCN(CCC#Cc2cn(Cc3ncc(C)c(OC)c3C)c3nc(N)nc(Cl)c23)CC1.COc1c(C)cnc(Cn2cc(C#CCCN3CCN(c4ccccc4)CC3)c3c(Cl)nc(N)nc32)c1C.COc1c(C)cnc(Cn2cc(C#CCCN3CCN(c4ccccn4)CC3)c3c(Cl)nc(N)nc32)c1C. The summed E-state index contributed by atoms with van der Waals surface area (Å²) in [4.78, 5) is 99.3. The van der Waals surface area contributed by atoms with Gasteiger partial charge in [0.2, 0.25) is 23.8 Å². The van der Waals surface area contributed by atoms with Crippen LogP contribution in [-0.2, 0) is 26.2 Å². The van der Waals surface area contributed by atoms with Gasteiger partial charge in [-0.1, -0.05) is 118 Å². The number of halogens is 4. The van der Waals surface area contributed by atoms with Gasteiger partial charge in [0, 0.05) is 270 Å². The number of aromatic nitrogens is 17. The lowest BCUT2D eigenvalue weighted by molar-refractivity contribution is 0.139. The standard InChI is InChI=1S/C29H32ClN7O.C28H31ClN8O.C27H35ClN8O2.C25H31ClN8O2/c1-20-17-32-24(21(2)26(20)38-3)19-37-18-22(25-27(30)33-29(31)34-28(25)37)9-7-8-12-35-13-15-36(16-14-35)23-10-5-4-6-11-23;1-19-16-32-22(20(2)25(19)38-3)18-37-17-21(24-26(29)33-28(30)34-27(24)37)8-5-7-11-35-12-14-36(15-13-35)23-9-4-6-10-31-23;1-5-30-27(37)35-13-11-34(12-14-35)10-8-6-7-9-20-16-36(25-22(20)24(28)32-26(29)33-25)17-21-19(3)23(38-4)18(2)15-31-21;1-16-13-29-19(17(2)21(16)36-4)15-34-14-18(20-22(26)30-24(27)31-23(20)34)7-5-6-8-32-9-11-33(12-10-32)25(35)28-3/h4-6,10-11,17-18H,8,12-16,19H2,1-3H3,(H2,31,33,34);4,6,9-10,16-17H,7,11-15,18H2,1-3H3,(H2,30,33,34);15-16H,5-6,8,10-14,17H2,1-4H3,(H,30,37)(H2,29,32,33);13-14H,6,8-12,15H2,1-4H3,(H,28,35)(H2,27,30,31). The molecule has 10 N–H and O–H groups in total. The van der Waals surface area contributed by atoms with Crippen LogP contribution in [0.15, 0.2) is 104 Å². The van der Waals surface area contributed by atoms with E-state index in [2.05, 4.69) is 189 Å². The van der Waals surface area contributed by atoms with Crippen molar-refractivity contribution in [2.75, 3.05) is 206 Å². The third-order valence-corrected chi connectivity index (χ3v) is 28.2. The van der Waals surface area contributed by atoms with E-state index in [0.29, 0.717) is 107 Å². The maximum absolute atomic E-state index is 12.0. The highest BCUT2D eigenvalue weighted by molar-refractivity contribution is 6.36. The summed E-state index contributed by atoms with van der Waals surface area (Å²) in [6, 6.07) is 16.6. The maximum atomic E-state index is 12.0. The maximum Gasteiger partial charge on any atom is 0.317 e. The number of hydrogen-bond donors (Lipinski definition) is 6. The van der Waals surface area contributed by atoms with Gasteiger partial charge in [-0.05, 0) is 99.5 Å². The summed E-state index contributed by atoms with van der Waals surface area (Å²) >= 11 is 26.0. The first-order valence-electron chi connectivity index (χ1n) is 50.1. The van der Waals surface area contributed by atoms with Crippen molar-refractivity contribution in [2.45, 2.75) is 121 Å². The number of carbonyl (C=O) groups excluding carboxylic acids is 2. The molecule has 17 heterocycles. The molecule has 18 rings (SSSR count). The van der Waals surface area contributed by atoms with Crippen LogP contribution in [0.25, 0.3) is 44.1 Å². The van der Waals surface area contributed by atoms with Crippen molar-refractivity contribution in [2.24, 2.45) is 0 Å². The van der Waals surface area contributed by atoms with Crippen LogP contribution < -0.4 is 62.3 Å². The van der Waals surface area contributed by atoms with Crippen molar-refractivity contribution in [3.8, 4) is 70.4 Å². The number of rotatable bonds is 24. The van der Waals surface area contributed by atoms with E-state index in [1.165, 1.54) is 5.69 Å². The summed E-state index contributed by atoms with van der Waals surface area (Å²) in [7, 11) is 8.33. The Bertz CT molecular complexity index is 7220. The molecule has 0 bridgehead atoms. The Labute approximate surface area is 894 Å². The highest BCUT2D eigenvalue weighted by Gasteiger charge is 2.28. The Morgan fingerprint density at radius 1 is 0.367 bits per heavy atom. The van der Waals surface area contributed by atoms with Crippen LogP contribution in [0, 0.1) is 103 Å². The van der Waals surface area contributed by atoms with Crippen molar-refractivity contribution in [1.29, 1.82) is 0 Å². The third kappa shape index (κ3) is 26.7. The van der Waals surface area contributed by atoms with Crippen molar-refractivity contribution < 1.29 is 28.5 Å². The molecule has 13 aromatic heterocycles. The molecule has 784 valence electrons. The third-order valence-electron chi connectivity index (χ3n) is 27.1. The molecular weight excluding hydrogens is 1980 g/mol. The molecule has 4 aliphatic heterocycles. The molecule has 41 heteroatoms. The summed E-state index contributed by atoms with van der Waals surface area (Å²) in [6.45, 7) is 38.4. The Morgan fingerprint density at radius 3 is 0.973 bits per heavy atom. The molecule has 0 spiro atoms. The number of anilines is 6. The average Bonchev–Trinajstić information content (AvgIpc) is 1.63. The quantitative estimate of drug-likeness (QED) is 0.0186. The van der Waals surface area contributed by atoms with Crippen LogP contribution in [0.2, 0.25) is 20.6 Å². The van der Waals surface area contributed by atoms with Gasteiger partial charge < -0.3 is 90.4 Å². The fraction of sp³-hybridized carbons (Fsp3) is 0.404. The van der Waals surface area contributed by atoms with E-state index in [9.17, 15) is 9.59 Å². The zero-order valence-electron chi connectivity index (χ0n) is 87.5. The van der Waals surface area contributed by atoms with Gasteiger partial charge in [0.25, 0.3) is 0 Å². The van der Waals surface area contributed by atoms with Crippen LogP contribution >= 0.6 is 46.4 Å². The van der Waals surface area contributed by atoms with Crippen LogP contribution in [0.4, 0.5) is 44.9 Å². The number of carbonyl (C=O) groups is 2. The Balaban J connectivity index is 0.000000149. The van der Waals surface area contributed by atoms with Crippen molar-refractivity contribution >= 4 is 138 Å². The van der Waals surface area contributed by atoms with E-state index in [1.807, 2.05) is 152 Å². The van der Waals surface area contributed by atoms with E-state index in [0.717, 1.165) is 262 Å². The highest BCUT2D eigenvalue weighted by Crippen LogP contribution is 2.37. The number of urea groups is 2. The van der Waals surface area contributed by atoms with E-state index in [1.54, 1.807) is 41.7 Å². The summed E-state index contributed by atoms with van der Waals surface area (Å²) < 4.78 is 30.2. The smallest absolute Gasteiger partial charge is 0.317 e. The highest BCUT2D eigenvalue weighted by atomic mass is 35.5. The number of nitrogens with one attached hydrogen (secondary N) is 2. The number of ether oxygens (including phenoxy) is 4. The molecule has 0 saturated carbocycles. The molecule has 4 amide bonds. The minimum absolute atomic E-state index is 0.0223. The summed E-state index contributed by atoms with van der Waals surface area (Å²) in [6.07, 6.45) is 20.8. The molecule has 4 saturated heterocycles. The van der Waals surface area contributed by atoms with Gasteiger partial charge in [-0.2, -0.15) is 19.9 Å². The fourth-order valence-corrected chi connectivity index (χ4v) is 20.2. The van der Waals surface area contributed by atoms with E-state index < -0.39 is 0 Å². The molecule has 0 atom stereocenters. The van der Waals surface area contributed by atoms with Gasteiger partial charge in [0.05, 0.1) is 121 Å². The van der Waals surface area contributed by atoms with Gasteiger partial charge in [-0.3, -0.25) is 39.5 Å². The van der Waals surface area contributed by atoms with Crippen LogP contribution in [0.3, 0.4) is 0 Å². The van der Waals surface area contributed by atoms with E-state index in [4.69, 9.17) is 88.3 Å². The number of fused-ring (bicyclic) bond motifs is 4. The fourth-order valence-electron chi connectivity index (χ4n) is 19.1. The molecule has 4 aliphatic rings. The van der Waals surface area contributed by atoms with Crippen LogP contribution in [0.5, 0.6) is 23.0 Å². The molecular formula is C109H129Cl4N31O6. The van der Waals surface area contributed by atoms with Crippen LogP contribution in [0.1, 0.15) is 129 Å². The van der Waals surface area contributed by atoms with Crippen LogP contribution in [-0.4, -0.2) is 297 Å². The lowest BCUT2D eigenvalue weighted by Crippen LogP contribution is -2.51. The number of nitrogens with zero attached hydrogens (tertiary/aromatic N) is 25. The molecule has 37 nitrogen and oxygen atoms in total. The van der Waals surface area contributed by atoms with E-state index >= 15 is 0 Å². The largest absolute Gasteiger partial charge is 0.496 e. The number of amides is 4. The predicted molar refractivity (Wildman–Crippen MR) is 593 cm³/mol. The van der Waals surface area contributed by atoms with Gasteiger partial charge in [0.15, 0.2) is 0 Å². The normalized spacial score (nSPS) is 13.9. The van der Waals surface area contributed by atoms with Gasteiger partial charge in [-0.25, -0.2) is 34.5 Å². The predicted octanol–water partition coefficient (Wildman–Crippen LogP) is 13.6. The van der Waals surface area contributed by atoms with Gasteiger partial charge in [0.1, 0.15) is 72.0 Å². The van der Waals surface area contributed by atoms with Crippen molar-refractivity contribution in [1.82, 2.24) is 123 Å². The zero-order chi connectivity index (χ0) is 106. The number of hydrogen-bond acceptors (Lipinski definition) is 29. The number of methoxy groups -OCH3 is 4. The number of aryl methyl sites for hydroxylation is 4. The lowest BCUT2D eigenvalue weighted by atomic mass is 10.1. The molecule has 0 radical (unpaired) electrons. The Kier molecular flexibility index (Phi) is 37.5. The van der Waals surface area contributed by atoms with Crippen molar-refractivity contribution in [3.63, 3.8) is 0 Å². The summed E-state index contributed by atoms with van der Waals surface area (Å²) in [5, 5.41) is 9.48. The monoisotopic (exact) mass is 2110 g/mol. The first kappa shape index (κ1) is 109. The molecule has 150 heavy (non-hydrogen) atoms. The first-order chi connectivity index (χ1) is 72.5. The topological polar surface area (TPSA) is 412 Å². The molecule has 4 fully saturated rings. The zero-order valence-corrected chi connectivity index (χ0v) is 90.5. The summed E-state index contributed by atoms with van der Waals surface area (Å²) in [5.74, 6) is 31.2. The number of pyridine rings is 5. The van der Waals surface area contributed by atoms with Crippen molar-refractivity contribution in [3.05, 3.63) is 214 Å². The number of benzene rings is 1. The Morgan fingerprint density at radius 2 is 0.667 bits per heavy atom. The average molecular weight is 2110 g/mol. The van der Waals surface area contributed by atoms with Gasteiger partial charge >= 0.3 is 12.1 Å². The number of nitrogen functional groups attached to an aromatic ring is 4. The minimum Gasteiger partial charge on any atom is -0.496 e. The molecule has 1 aromatic carbocycles. The minimum atomic E-state index is -0.0277. The second kappa shape index (κ2) is 51.4. The number of piperazine rings is 4. The second-order valence-electron chi connectivity index (χ2n) is 36.9. The van der Waals surface area contributed by atoms with E-state index in [-0.39, 0.29) is 46.2 Å². The van der Waals surface area contributed by atoms with Gasteiger partial charge in [-0.15, -0.1) is 0 Å². The Hall–Kier alpha value is -14.8. The molecule has 0 unspecified atom stereocenters. The number of nitrogens with two attached hydrogens (primary N) is 4. The molecule has 0 aliphatic carbocycles. The second-order valence-corrected chi connectivity index (χ2v) is 38.4. The molecule has 14 aromatic rings. The lowest BCUT2D eigenvalue weighted by Gasteiger charge is -2.35. The number of para-hydroxylation sites is 1. The summed E-state index contributed by atoms with van der Waals surface area (Å²) in [5.41, 5.74) is 41.9. The first-order valence-corrected chi connectivity index (χ1v) is 51.6.